The molecule has 2 saturated carbocycles. The maximum Gasteiger partial charge on any atom is 0.573 e. The van der Waals surface area contributed by atoms with Gasteiger partial charge in [-0.1, -0.05) is 0 Å². The molecule has 10 heteroatoms. The average Bonchev–Trinajstić information content (AvgIpc) is 3.23. The molecule has 2 aromatic rings. The Morgan fingerprint density at radius 1 is 1.18 bits per heavy atom. The lowest BCUT2D eigenvalue weighted by atomic mass is 10.0. The van der Waals surface area contributed by atoms with Gasteiger partial charge in [0.05, 0.1) is 11.8 Å². The van der Waals surface area contributed by atoms with Gasteiger partial charge in [0.1, 0.15) is 0 Å². The standard InChI is InChI=1S/C23H30F3N5O2/c1-12(2)31-19(21-16-7-14(8-17(16)21)30-5-4-15(11-30)32-3)9-18(29-31)13-6-20(22(27)28-10-13)33-23(24,25)26/h6,9-10,12,14-17,21H,4-5,7-8,11H2,1-3H3,(H2,27,28)/t14?,15-,16-,17+,21-/m1/s1. The number of hydrogen-bond acceptors (Lipinski definition) is 6. The molecule has 1 unspecified atom stereocenters. The summed E-state index contributed by atoms with van der Waals surface area (Å²) < 4.78 is 49.7. The Hall–Kier alpha value is -2.33. The van der Waals surface area contributed by atoms with Crippen LogP contribution in [-0.2, 0) is 4.74 Å². The summed E-state index contributed by atoms with van der Waals surface area (Å²) in [4.78, 5) is 6.47. The highest BCUT2D eigenvalue weighted by molar-refractivity contribution is 5.64. The number of likely N-dealkylation sites (tertiary alicyclic amines) is 1. The second-order valence-electron chi connectivity index (χ2n) is 9.77. The Morgan fingerprint density at radius 2 is 1.91 bits per heavy atom. The molecule has 7 nitrogen and oxygen atoms in total. The average molecular weight is 466 g/mol. The fraction of sp³-hybridized carbons (Fsp3) is 0.652. The van der Waals surface area contributed by atoms with E-state index < -0.39 is 12.1 Å². The molecular weight excluding hydrogens is 435 g/mol. The number of ether oxygens (including phenoxy) is 2. The van der Waals surface area contributed by atoms with Crippen LogP contribution in [0, 0.1) is 11.8 Å². The van der Waals surface area contributed by atoms with Crippen LogP contribution >= 0.6 is 0 Å². The third-order valence-electron chi connectivity index (χ3n) is 7.44. The molecule has 33 heavy (non-hydrogen) atoms. The number of pyridine rings is 1. The summed E-state index contributed by atoms with van der Waals surface area (Å²) in [5.41, 5.74) is 7.78. The van der Waals surface area contributed by atoms with Gasteiger partial charge in [0, 0.05) is 55.7 Å². The normalized spacial score (nSPS) is 29.6. The van der Waals surface area contributed by atoms with Crippen LogP contribution in [0.25, 0.3) is 11.3 Å². The Morgan fingerprint density at radius 3 is 2.52 bits per heavy atom. The van der Waals surface area contributed by atoms with Gasteiger partial charge in [-0.25, -0.2) is 4.98 Å². The third kappa shape index (κ3) is 4.30. The number of rotatable bonds is 6. The van der Waals surface area contributed by atoms with Crippen molar-refractivity contribution in [2.24, 2.45) is 11.8 Å². The molecule has 3 heterocycles. The van der Waals surface area contributed by atoms with Crippen LogP contribution in [0.4, 0.5) is 19.0 Å². The zero-order valence-electron chi connectivity index (χ0n) is 19.0. The van der Waals surface area contributed by atoms with Gasteiger partial charge in [-0.2, -0.15) is 5.10 Å². The molecule has 0 bridgehead atoms. The van der Waals surface area contributed by atoms with Crippen LogP contribution in [0.3, 0.4) is 0 Å². The highest BCUT2D eigenvalue weighted by Gasteiger charge is 2.59. The first kappa shape index (κ1) is 22.5. The van der Waals surface area contributed by atoms with Gasteiger partial charge in [-0.15, -0.1) is 13.2 Å². The molecule has 0 spiro atoms. The lowest BCUT2D eigenvalue weighted by molar-refractivity contribution is -0.274. The number of alkyl halides is 3. The lowest BCUT2D eigenvalue weighted by Crippen LogP contribution is -2.33. The molecule has 1 saturated heterocycles. The molecule has 2 aliphatic carbocycles. The van der Waals surface area contributed by atoms with Crippen LogP contribution in [0.15, 0.2) is 18.3 Å². The summed E-state index contributed by atoms with van der Waals surface area (Å²) >= 11 is 0. The first-order valence-corrected chi connectivity index (χ1v) is 11.5. The van der Waals surface area contributed by atoms with Crippen molar-refractivity contribution in [1.82, 2.24) is 19.7 Å². The van der Waals surface area contributed by atoms with Gasteiger partial charge in [0.25, 0.3) is 0 Å². The minimum absolute atomic E-state index is 0.138. The first-order chi connectivity index (χ1) is 15.6. The van der Waals surface area contributed by atoms with Crippen molar-refractivity contribution < 1.29 is 22.6 Å². The molecule has 5 atom stereocenters. The maximum absolute atomic E-state index is 12.7. The summed E-state index contributed by atoms with van der Waals surface area (Å²) in [6.07, 6.45) is 0.415. The van der Waals surface area contributed by atoms with E-state index in [2.05, 4.69) is 28.5 Å². The molecule has 2 aromatic heterocycles. The summed E-state index contributed by atoms with van der Waals surface area (Å²) in [5, 5.41) is 4.73. The van der Waals surface area contributed by atoms with Crippen LogP contribution < -0.4 is 10.5 Å². The highest BCUT2D eigenvalue weighted by Crippen LogP contribution is 2.64. The van der Waals surface area contributed by atoms with E-state index >= 15 is 0 Å². The molecule has 3 aliphatic rings. The molecule has 1 aliphatic heterocycles. The van der Waals surface area contributed by atoms with Gasteiger partial charge in [0.2, 0.25) is 0 Å². The number of methoxy groups -OCH3 is 1. The Labute approximate surface area is 191 Å². The lowest BCUT2D eigenvalue weighted by Gasteiger charge is -2.26. The van der Waals surface area contributed by atoms with E-state index in [0.29, 0.717) is 41.2 Å². The van der Waals surface area contributed by atoms with E-state index in [1.165, 1.54) is 25.1 Å². The number of hydrogen-bond donors (Lipinski definition) is 1. The van der Waals surface area contributed by atoms with E-state index in [1.807, 2.05) is 10.7 Å². The van der Waals surface area contributed by atoms with Gasteiger partial charge < -0.3 is 15.2 Å². The van der Waals surface area contributed by atoms with E-state index in [-0.39, 0.29) is 11.9 Å². The van der Waals surface area contributed by atoms with Gasteiger partial charge >= 0.3 is 6.36 Å². The summed E-state index contributed by atoms with van der Waals surface area (Å²) in [6, 6.07) is 4.02. The van der Waals surface area contributed by atoms with Gasteiger partial charge in [0.15, 0.2) is 11.6 Å². The van der Waals surface area contributed by atoms with Crippen molar-refractivity contribution in [2.75, 3.05) is 25.9 Å². The first-order valence-electron chi connectivity index (χ1n) is 11.5. The summed E-state index contributed by atoms with van der Waals surface area (Å²) in [5.74, 6) is 0.893. The van der Waals surface area contributed by atoms with Crippen molar-refractivity contribution in [3.8, 4) is 17.0 Å². The Bertz CT molecular complexity index is 1010. The predicted molar refractivity (Wildman–Crippen MR) is 117 cm³/mol. The molecule has 180 valence electrons. The van der Waals surface area contributed by atoms with Crippen LogP contribution in [0.5, 0.6) is 5.75 Å². The molecule has 5 rings (SSSR count). The molecule has 0 amide bonds. The predicted octanol–water partition coefficient (Wildman–Crippen LogP) is 4.22. The summed E-state index contributed by atoms with van der Waals surface area (Å²) in [7, 11) is 1.79. The van der Waals surface area contributed by atoms with Crippen LogP contribution in [0.1, 0.15) is 50.8 Å². The number of nitrogens with zero attached hydrogens (tertiary/aromatic N) is 4. The van der Waals surface area contributed by atoms with Gasteiger partial charge in [-0.05, 0) is 57.1 Å². The zero-order chi connectivity index (χ0) is 23.5. The number of halogens is 3. The Kier molecular flexibility index (Phi) is 5.55. The second-order valence-corrected chi connectivity index (χ2v) is 9.77. The van der Waals surface area contributed by atoms with Crippen molar-refractivity contribution >= 4 is 5.82 Å². The van der Waals surface area contributed by atoms with E-state index in [4.69, 9.17) is 15.6 Å². The van der Waals surface area contributed by atoms with Crippen LogP contribution in [0.2, 0.25) is 0 Å². The minimum atomic E-state index is -4.84. The largest absolute Gasteiger partial charge is 0.573 e. The van der Waals surface area contributed by atoms with E-state index in [1.54, 1.807) is 7.11 Å². The van der Waals surface area contributed by atoms with Gasteiger partial charge in [-0.3, -0.25) is 9.58 Å². The monoisotopic (exact) mass is 465 g/mol. The van der Waals surface area contributed by atoms with Crippen molar-refractivity contribution in [1.29, 1.82) is 0 Å². The number of nitrogen functional groups attached to an aromatic ring is 1. The topological polar surface area (TPSA) is 78.4 Å². The fourth-order valence-electron chi connectivity index (χ4n) is 5.84. The fourth-order valence-corrected chi connectivity index (χ4v) is 5.84. The number of anilines is 1. The molecule has 0 aromatic carbocycles. The SMILES string of the molecule is CO[C@@H]1CCN(C2C[C@@H]3[C@H](C2)[C@@H]3c2cc(-c3cnc(N)c(OC(F)(F)F)c3)nn2C(C)C)C1. The Balaban J connectivity index is 1.34. The molecule has 3 fully saturated rings. The van der Waals surface area contributed by atoms with Crippen LogP contribution in [-0.4, -0.2) is 58.4 Å². The number of nitrogens with two attached hydrogens (primary N) is 1. The maximum atomic E-state index is 12.7. The van der Waals surface area contributed by atoms with Crippen molar-refractivity contribution in [2.45, 2.75) is 63.6 Å². The number of fused-ring (bicyclic) bond motifs is 1. The van der Waals surface area contributed by atoms with Crippen molar-refractivity contribution in [3.05, 3.63) is 24.0 Å². The molecule has 0 radical (unpaired) electrons. The second kappa shape index (κ2) is 8.16. The molecular formula is C23H30F3N5O2. The number of aromatic nitrogens is 3. The van der Waals surface area contributed by atoms with E-state index in [0.717, 1.165) is 25.2 Å². The smallest absolute Gasteiger partial charge is 0.402 e. The zero-order valence-corrected chi connectivity index (χ0v) is 19.0. The van der Waals surface area contributed by atoms with Crippen molar-refractivity contribution in [3.63, 3.8) is 0 Å². The quantitative estimate of drug-likeness (QED) is 0.688. The third-order valence-corrected chi connectivity index (χ3v) is 7.44. The van der Waals surface area contributed by atoms with E-state index in [9.17, 15) is 13.2 Å². The summed E-state index contributed by atoms with van der Waals surface area (Å²) in [6.45, 7) is 6.26. The highest BCUT2D eigenvalue weighted by atomic mass is 19.4. The molecule has 2 N–H and O–H groups in total. The minimum Gasteiger partial charge on any atom is -0.402 e.